The van der Waals surface area contributed by atoms with E-state index in [0.717, 1.165) is 15.8 Å². The van der Waals surface area contributed by atoms with Crippen molar-refractivity contribution in [3.05, 3.63) is 36.5 Å². The molecule has 2 rings (SSSR count). The first-order valence-electron chi connectivity index (χ1n) is 6.40. The predicted molar refractivity (Wildman–Crippen MR) is 83.0 cm³/mol. The Morgan fingerprint density at radius 1 is 0.882 bits per heavy atom. The van der Waals surface area contributed by atoms with Crippen LogP contribution in [0.15, 0.2) is 41.4 Å². The van der Waals surface area contributed by atoms with Crippen molar-refractivity contribution in [2.45, 2.75) is 46.4 Å². The maximum atomic E-state index is 4.22. The van der Waals surface area contributed by atoms with Gasteiger partial charge < -0.3 is 0 Å². The number of benzene rings is 1. The molecule has 2 aromatic rings. The molecule has 2 heteroatoms. The first-order valence-corrected chi connectivity index (χ1v) is 6.85. The van der Waals surface area contributed by atoms with Crippen molar-refractivity contribution in [3.8, 4) is 0 Å². The van der Waals surface area contributed by atoms with Crippen molar-refractivity contribution in [3.63, 3.8) is 0 Å². The summed E-state index contributed by atoms with van der Waals surface area (Å²) in [5, 5.41) is 1.16. The van der Waals surface area contributed by atoms with Gasteiger partial charge >= 0.3 is 0 Å². The highest BCUT2D eigenvalue weighted by atomic mass is 32.1. The zero-order valence-electron chi connectivity index (χ0n) is 11.9. The quantitative estimate of drug-likeness (QED) is 0.601. The number of aromatic nitrogens is 1. The Morgan fingerprint density at radius 2 is 1.47 bits per heavy atom. The maximum absolute atomic E-state index is 4.22. The van der Waals surface area contributed by atoms with Gasteiger partial charge in [0.25, 0.3) is 0 Å². The highest BCUT2D eigenvalue weighted by Gasteiger charge is 1.91. The van der Waals surface area contributed by atoms with E-state index in [-0.39, 0.29) is 0 Å². The third-order valence-corrected chi connectivity index (χ3v) is 1.87. The molecule has 0 N–H and O–H groups in total. The van der Waals surface area contributed by atoms with Gasteiger partial charge in [-0.25, -0.2) is 0 Å². The van der Waals surface area contributed by atoms with Gasteiger partial charge in [0.15, 0.2) is 0 Å². The highest BCUT2D eigenvalue weighted by Crippen LogP contribution is 2.14. The van der Waals surface area contributed by atoms with E-state index in [1.165, 1.54) is 0 Å². The molecular weight excluding hydrogens is 226 g/mol. The molecule has 0 fully saturated rings. The lowest BCUT2D eigenvalue weighted by molar-refractivity contribution is 1.38. The number of pyridine rings is 1. The minimum absolute atomic E-state index is 0.955. The largest absolute Gasteiger partial charge is 0.256 e. The van der Waals surface area contributed by atoms with Gasteiger partial charge in [0, 0.05) is 16.5 Å². The van der Waals surface area contributed by atoms with Gasteiger partial charge in [0.2, 0.25) is 0 Å². The molecule has 1 heterocycles. The van der Waals surface area contributed by atoms with Gasteiger partial charge in [0.1, 0.15) is 0 Å². The molecule has 0 aliphatic heterocycles. The first-order chi connectivity index (χ1) is 8.36. The summed E-state index contributed by atoms with van der Waals surface area (Å²) in [4.78, 5) is 5.15. The van der Waals surface area contributed by atoms with E-state index >= 15 is 0 Å². The Morgan fingerprint density at radius 3 is 2.06 bits per heavy atom. The molecule has 0 spiro atoms. The van der Waals surface area contributed by atoms with Crippen LogP contribution in [0.4, 0.5) is 0 Å². The molecule has 1 aromatic carbocycles. The molecule has 0 unspecified atom stereocenters. The van der Waals surface area contributed by atoms with Crippen molar-refractivity contribution in [1.82, 2.24) is 4.98 Å². The normalized spacial score (nSPS) is 7.71. The summed E-state index contributed by atoms with van der Waals surface area (Å²) in [5.41, 5.74) is 1.00. The number of hydrogen-bond donors (Lipinski definition) is 1. The van der Waals surface area contributed by atoms with Crippen LogP contribution in [0, 0.1) is 0 Å². The van der Waals surface area contributed by atoms with Crippen LogP contribution in [0.2, 0.25) is 0 Å². The zero-order chi connectivity index (χ0) is 13.7. The number of hydrogen-bond acceptors (Lipinski definition) is 2. The summed E-state index contributed by atoms with van der Waals surface area (Å²) in [5.74, 6) is 0. The topological polar surface area (TPSA) is 12.9 Å². The van der Waals surface area contributed by atoms with E-state index in [4.69, 9.17) is 0 Å². The molecule has 0 saturated heterocycles. The van der Waals surface area contributed by atoms with Gasteiger partial charge in [-0.2, -0.15) is 0 Å². The van der Waals surface area contributed by atoms with E-state index in [9.17, 15) is 0 Å². The second-order valence-electron chi connectivity index (χ2n) is 2.38. The third-order valence-electron chi connectivity index (χ3n) is 1.59. The van der Waals surface area contributed by atoms with Crippen molar-refractivity contribution in [2.75, 3.05) is 0 Å². The molecule has 0 radical (unpaired) electrons. The van der Waals surface area contributed by atoms with Crippen LogP contribution in [0.5, 0.6) is 0 Å². The number of thiol groups is 1. The Hall–Kier alpha value is -1.02. The fraction of sp³-hybridized carbons (Fsp3) is 0.400. The molecule has 0 saturated carbocycles. The lowest BCUT2D eigenvalue weighted by Crippen LogP contribution is -1.75. The highest BCUT2D eigenvalue weighted by molar-refractivity contribution is 7.80. The molecular formula is C15H25NS. The lowest BCUT2D eigenvalue weighted by Gasteiger charge is -1.95. The molecule has 0 aliphatic rings. The van der Waals surface area contributed by atoms with E-state index in [1.54, 1.807) is 6.20 Å². The van der Waals surface area contributed by atoms with Crippen LogP contribution in [-0.2, 0) is 0 Å². The molecule has 0 atom stereocenters. The predicted octanol–water partition coefficient (Wildman–Crippen LogP) is 5.60. The van der Waals surface area contributed by atoms with Gasteiger partial charge in [-0.05, 0) is 18.2 Å². The van der Waals surface area contributed by atoms with E-state index in [2.05, 4.69) is 17.6 Å². The summed E-state index contributed by atoms with van der Waals surface area (Å²) in [6.45, 7) is 12.0. The molecule has 0 bridgehead atoms. The van der Waals surface area contributed by atoms with E-state index < -0.39 is 0 Å². The fourth-order valence-corrected chi connectivity index (χ4v) is 1.25. The van der Waals surface area contributed by atoms with Crippen LogP contribution < -0.4 is 0 Å². The Labute approximate surface area is 112 Å². The van der Waals surface area contributed by atoms with Crippen molar-refractivity contribution in [2.24, 2.45) is 0 Å². The Bertz CT molecular complexity index is 385. The molecule has 0 amide bonds. The SMILES string of the molecule is CC.CC.CC.Sc1ccc2cccnc2c1. The lowest BCUT2D eigenvalue weighted by atomic mass is 10.2. The van der Waals surface area contributed by atoms with Crippen LogP contribution >= 0.6 is 12.6 Å². The minimum Gasteiger partial charge on any atom is -0.256 e. The smallest absolute Gasteiger partial charge is 0.0712 e. The van der Waals surface area contributed by atoms with Gasteiger partial charge in [-0.15, -0.1) is 12.6 Å². The summed E-state index contributed by atoms with van der Waals surface area (Å²) in [6, 6.07) is 9.91. The van der Waals surface area contributed by atoms with Gasteiger partial charge in [0.05, 0.1) is 5.52 Å². The zero-order valence-corrected chi connectivity index (χ0v) is 12.8. The average Bonchev–Trinajstić information content (AvgIpc) is 2.45. The Kier molecular flexibility index (Phi) is 14.1. The van der Waals surface area contributed by atoms with Crippen molar-refractivity contribution < 1.29 is 0 Å². The van der Waals surface area contributed by atoms with E-state index in [1.807, 2.05) is 71.9 Å². The number of fused-ring (bicyclic) bond motifs is 1. The fourth-order valence-electron chi connectivity index (χ4n) is 1.05. The number of rotatable bonds is 0. The minimum atomic E-state index is 0.955. The average molecular weight is 251 g/mol. The number of nitrogens with zero attached hydrogens (tertiary/aromatic N) is 1. The molecule has 17 heavy (non-hydrogen) atoms. The monoisotopic (exact) mass is 251 g/mol. The molecule has 96 valence electrons. The molecule has 1 aromatic heterocycles. The van der Waals surface area contributed by atoms with Crippen molar-refractivity contribution >= 4 is 23.5 Å². The summed E-state index contributed by atoms with van der Waals surface area (Å²) in [6.07, 6.45) is 1.79. The maximum Gasteiger partial charge on any atom is 0.0712 e. The third kappa shape index (κ3) is 7.01. The summed E-state index contributed by atoms with van der Waals surface area (Å²) >= 11 is 4.22. The van der Waals surface area contributed by atoms with Crippen molar-refractivity contribution in [1.29, 1.82) is 0 Å². The Balaban J connectivity index is 0. The molecule has 0 aliphatic carbocycles. The van der Waals surface area contributed by atoms with Gasteiger partial charge in [-0.3, -0.25) is 4.98 Å². The van der Waals surface area contributed by atoms with Crippen LogP contribution in [0.1, 0.15) is 41.5 Å². The molecule has 1 nitrogen and oxygen atoms in total. The van der Waals surface area contributed by atoms with E-state index in [0.29, 0.717) is 0 Å². The standard InChI is InChI=1S/C9H7NS.3C2H6/c11-8-4-3-7-2-1-5-10-9(7)6-8;3*1-2/h1-6,11H;3*1-2H3. The van der Waals surface area contributed by atoms with Crippen LogP contribution in [-0.4, -0.2) is 4.98 Å². The first kappa shape index (κ1) is 18.3. The second kappa shape index (κ2) is 13.0. The van der Waals surface area contributed by atoms with Crippen LogP contribution in [0.3, 0.4) is 0 Å². The van der Waals surface area contributed by atoms with Crippen LogP contribution in [0.25, 0.3) is 10.9 Å². The summed E-state index contributed by atoms with van der Waals surface area (Å²) in [7, 11) is 0. The summed E-state index contributed by atoms with van der Waals surface area (Å²) < 4.78 is 0. The second-order valence-corrected chi connectivity index (χ2v) is 2.90. The van der Waals surface area contributed by atoms with Gasteiger partial charge in [-0.1, -0.05) is 53.7 Å².